The van der Waals surface area contributed by atoms with E-state index in [9.17, 15) is 4.79 Å². The van der Waals surface area contributed by atoms with Crippen molar-refractivity contribution < 1.29 is 4.79 Å². The van der Waals surface area contributed by atoms with E-state index in [0.717, 1.165) is 24.2 Å². The monoisotopic (exact) mass is 309 g/mol. The Hall–Kier alpha value is -2.20. The summed E-state index contributed by atoms with van der Waals surface area (Å²) in [4.78, 5) is 18.6. The predicted octanol–water partition coefficient (Wildman–Crippen LogP) is 2.82. The SMILES string of the molecule is CCN(Cc1ccncc1)C(=O)c1ccc(C2CCNC2)cc1. The summed E-state index contributed by atoms with van der Waals surface area (Å²) >= 11 is 0. The third-order valence-electron chi connectivity index (χ3n) is 4.48. The molecule has 23 heavy (non-hydrogen) atoms. The number of aromatic nitrogens is 1. The van der Waals surface area contributed by atoms with Crippen LogP contribution in [0, 0.1) is 0 Å². The van der Waals surface area contributed by atoms with Gasteiger partial charge in [0.15, 0.2) is 0 Å². The van der Waals surface area contributed by atoms with E-state index in [1.54, 1.807) is 12.4 Å². The molecule has 1 aliphatic rings. The van der Waals surface area contributed by atoms with Crippen LogP contribution in [0.2, 0.25) is 0 Å². The second-order valence-electron chi connectivity index (χ2n) is 5.99. The second-order valence-corrected chi connectivity index (χ2v) is 5.99. The van der Waals surface area contributed by atoms with Crippen molar-refractivity contribution in [3.8, 4) is 0 Å². The Kier molecular flexibility index (Phi) is 5.03. The van der Waals surface area contributed by atoms with Gasteiger partial charge in [0.2, 0.25) is 0 Å². The van der Waals surface area contributed by atoms with Crippen LogP contribution in [0.1, 0.15) is 40.7 Å². The number of nitrogens with one attached hydrogen (secondary N) is 1. The lowest BCUT2D eigenvalue weighted by Crippen LogP contribution is -2.30. The maximum absolute atomic E-state index is 12.7. The van der Waals surface area contributed by atoms with E-state index in [0.29, 0.717) is 19.0 Å². The van der Waals surface area contributed by atoms with Crippen LogP contribution in [-0.2, 0) is 6.54 Å². The fraction of sp³-hybridized carbons (Fsp3) is 0.368. The molecule has 1 saturated heterocycles. The first-order valence-corrected chi connectivity index (χ1v) is 8.26. The standard InChI is InChI=1S/C19H23N3O/c1-2-22(14-15-7-10-20-11-8-15)19(23)17-5-3-16(4-6-17)18-9-12-21-13-18/h3-8,10-11,18,21H,2,9,12-14H2,1H3. The van der Waals surface area contributed by atoms with E-state index in [2.05, 4.69) is 22.4 Å². The average Bonchev–Trinajstić information content (AvgIpc) is 3.15. The Labute approximate surface area is 137 Å². The minimum atomic E-state index is 0.0837. The van der Waals surface area contributed by atoms with Gasteiger partial charge in [-0.05, 0) is 61.2 Å². The van der Waals surface area contributed by atoms with Crippen LogP contribution in [-0.4, -0.2) is 35.4 Å². The van der Waals surface area contributed by atoms with Crippen LogP contribution >= 0.6 is 0 Å². The first kappa shape index (κ1) is 15.7. The molecule has 0 spiro atoms. The molecule has 1 aliphatic heterocycles. The van der Waals surface area contributed by atoms with E-state index in [4.69, 9.17) is 0 Å². The predicted molar refractivity (Wildman–Crippen MR) is 91.3 cm³/mol. The molecule has 1 N–H and O–H groups in total. The summed E-state index contributed by atoms with van der Waals surface area (Å²) in [6.07, 6.45) is 4.70. The lowest BCUT2D eigenvalue weighted by Gasteiger charge is -2.21. The van der Waals surface area contributed by atoms with E-state index in [1.807, 2.05) is 36.1 Å². The summed E-state index contributed by atoms with van der Waals surface area (Å²) in [6.45, 7) is 5.44. The van der Waals surface area contributed by atoms with Gasteiger partial charge < -0.3 is 10.2 Å². The highest BCUT2D eigenvalue weighted by Crippen LogP contribution is 2.23. The molecule has 0 bridgehead atoms. The maximum atomic E-state index is 12.7. The van der Waals surface area contributed by atoms with Crippen molar-refractivity contribution in [2.75, 3.05) is 19.6 Å². The zero-order valence-corrected chi connectivity index (χ0v) is 13.5. The molecule has 4 nitrogen and oxygen atoms in total. The minimum absolute atomic E-state index is 0.0837. The van der Waals surface area contributed by atoms with Crippen molar-refractivity contribution in [1.29, 1.82) is 0 Å². The summed E-state index contributed by atoms with van der Waals surface area (Å²) in [5.74, 6) is 0.665. The van der Waals surface area contributed by atoms with Crippen LogP contribution in [0.25, 0.3) is 0 Å². The number of carbonyl (C=O) groups excluding carboxylic acids is 1. The van der Waals surface area contributed by atoms with Crippen molar-refractivity contribution in [2.24, 2.45) is 0 Å². The Morgan fingerprint density at radius 3 is 2.57 bits per heavy atom. The zero-order chi connectivity index (χ0) is 16.1. The summed E-state index contributed by atoms with van der Waals surface area (Å²) in [5, 5.41) is 3.38. The molecule has 0 radical (unpaired) electrons. The van der Waals surface area contributed by atoms with E-state index in [1.165, 1.54) is 12.0 Å². The lowest BCUT2D eigenvalue weighted by molar-refractivity contribution is 0.0752. The average molecular weight is 309 g/mol. The quantitative estimate of drug-likeness (QED) is 0.924. The van der Waals surface area contributed by atoms with Gasteiger partial charge >= 0.3 is 0 Å². The molecule has 120 valence electrons. The molecule has 1 unspecified atom stereocenters. The molecule has 4 heteroatoms. The number of rotatable bonds is 5. The van der Waals surface area contributed by atoms with Gasteiger partial charge in [-0.1, -0.05) is 12.1 Å². The van der Waals surface area contributed by atoms with Gasteiger partial charge in [-0.25, -0.2) is 0 Å². The van der Waals surface area contributed by atoms with Crippen LogP contribution in [0.5, 0.6) is 0 Å². The fourth-order valence-electron chi connectivity index (χ4n) is 3.06. The van der Waals surface area contributed by atoms with Crippen molar-refractivity contribution in [3.05, 3.63) is 65.5 Å². The summed E-state index contributed by atoms with van der Waals surface area (Å²) in [5.41, 5.74) is 3.18. The highest BCUT2D eigenvalue weighted by atomic mass is 16.2. The molecule has 2 heterocycles. The molecule has 0 aliphatic carbocycles. The number of amides is 1. The van der Waals surface area contributed by atoms with Crippen molar-refractivity contribution in [1.82, 2.24) is 15.2 Å². The van der Waals surface area contributed by atoms with Gasteiger partial charge in [0.25, 0.3) is 5.91 Å². The van der Waals surface area contributed by atoms with Gasteiger partial charge in [-0.2, -0.15) is 0 Å². The Balaban J connectivity index is 1.70. The van der Waals surface area contributed by atoms with Crippen LogP contribution in [0.4, 0.5) is 0 Å². The van der Waals surface area contributed by atoms with E-state index in [-0.39, 0.29) is 5.91 Å². The summed E-state index contributed by atoms with van der Waals surface area (Å²) in [7, 11) is 0. The Morgan fingerprint density at radius 2 is 1.96 bits per heavy atom. The molecule has 2 aromatic rings. The van der Waals surface area contributed by atoms with Gasteiger partial charge in [-0.3, -0.25) is 9.78 Å². The van der Waals surface area contributed by atoms with E-state index < -0.39 is 0 Å². The topological polar surface area (TPSA) is 45.2 Å². The first-order chi connectivity index (χ1) is 11.3. The molecular formula is C19H23N3O. The first-order valence-electron chi connectivity index (χ1n) is 8.26. The highest BCUT2D eigenvalue weighted by molar-refractivity contribution is 5.94. The normalized spacial score (nSPS) is 17.2. The fourth-order valence-corrected chi connectivity index (χ4v) is 3.06. The van der Waals surface area contributed by atoms with Crippen LogP contribution in [0.15, 0.2) is 48.8 Å². The second kappa shape index (κ2) is 7.38. The largest absolute Gasteiger partial charge is 0.335 e. The summed E-state index contributed by atoms with van der Waals surface area (Å²) < 4.78 is 0. The molecule has 3 rings (SSSR count). The number of nitrogens with zero attached hydrogens (tertiary/aromatic N) is 2. The van der Waals surface area contributed by atoms with Crippen molar-refractivity contribution in [2.45, 2.75) is 25.8 Å². The third-order valence-corrected chi connectivity index (χ3v) is 4.48. The third kappa shape index (κ3) is 3.77. The van der Waals surface area contributed by atoms with Gasteiger partial charge in [-0.15, -0.1) is 0 Å². The Bertz CT molecular complexity index is 633. The minimum Gasteiger partial charge on any atom is -0.335 e. The zero-order valence-electron chi connectivity index (χ0n) is 13.5. The molecule has 1 fully saturated rings. The number of benzene rings is 1. The number of hydrogen-bond acceptors (Lipinski definition) is 3. The van der Waals surface area contributed by atoms with Gasteiger partial charge in [0, 0.05) is 37.6 Å². The molecule has 1 aromatic heterocycles. The van der Waals surface area contributed by atoms with Crippen LogP contribution in [0.3, 0.4) is 0 Å². The maximum Gasteiger partial charge on any atom is 0.254 e. The smallest absolute Gasteiger partial charge is 0.254 e. The van der Waals surface area contributed by atoms with Gasteiger partial charge in [0.1, 0.15) is 0 Å². The molecule has 1 aromatic carbocycles. The summed E-state index contributed by atoms with van der Waals surface area (Å²) in [6, 6.07) is 12.0. The molecular weight excluding hydrogens is 286 g/mol. The molecule has 1 amide bonds. The Morgan fingerprint density at radius 1 is 1.22 bits per heavy atom. The molecule has 1 atom stereocenters. The number of carbonyl (C=O) groups is 1. The lowest BCUT2D eigenvalue weighted by atomic mass is 9.97. The van der Waals surface area contributed by atoms with E-state index >= 15 is 0 Å². The van der Waals surface area contributed by atoms with Crippen molar-refractivity contribution >= 4 is 5.91 Å². The van der Waals surface area contributed by atoms with Gasteiger partial charge in [0.05, 0.1) is 0 Å². The number of hydrogen-bond donors (Lipinski definition) is 1. The number of pyridine rings is 1. The molecule has 0 saturated carbocycles. The van der Waals surface area contributed by atoms with Crippen LogP contribution < -0.4 is 5.32 Å². The highest BCUT2D eigenvalue weighted by Gasteiger charge is 2.18. The van der Waals surface area contributed by atoms with Crippen molar-refractivity contribution in [3.63, 3.8) is 0 Å².